The van der Waals surface area contributed by atoms with Crippen molar-refractivity contribution < 1.29 is 19.4 Å². The molecule has 0 fully saturated rings. The number of aliphatic carboxylic acids is 1. The van der Waals surface area contributed by atoms with Gasteiger partial charge in [-0.2, -0.15) is 0 Å². The minimum absolute atomic E-state index is 0.213. The number of nitrogens with one attached hydrogen (secondary N) is 1. The monoisotopic (exact) mass is 267 g/mol. The molecule has 0 bridgehead atoms. The zero-order valence-corrected chi connectivity index (χ0v) is 10.9. The number of carbonyl (C=O) groups is 2. The van der Waals surface area contributed by atoms with Crippen LogP contribution in [0, 0.1) is 13.8 Å². The van der Waals surface area contributed by atoms with Crippen molar-refractivity contribution >= 4 is 17.6 Å². The van der Waals surface area contributed by atoms with Crippen molar-refractivity contribution in [1.82, 2.24) is 4.98 Å². The highest BCUT2D eigenvalue weighted by Crippen LogP contribution is 2.18. The van der Waals surface area contributed by atoms with Crippen molar-refractivity contribution in [2.75, 3.05) is 25.1 Å². The first-order valence-corrected chi connectivity index (χ1v) is 5.73. The first-order valence-electron chi connectivity index (χ1n) is 5.73. The van der Waals surface area contributed by atoms with E-state index in [2.05, 4.69) is 10.3 Å². The number of primary amides is 1. The van der Waals surface area contributed by atoms with Crippen molar-refractivity contribution in [1.29, 1.82) is 0 Å². The second-order valence-electron chi connectivity index (χ2n) is 4.01. The van der Waals surface area contributed by atoms with Crippen LogP contribution in [0.5, 0.6) is 0 Å². The average Bonchev–Trinajstić information content (AvgIpc) is 2.26. The highest BCUT2D eigenvalue weighted by atomic mass is 16.5. The Morgan fingerprint density at radius 1 is 1.47 bits per heavy atom. The van der Waals surface area contributed by atoms with Gasteiger partial charge in [-0.15, -0.1) is 0 Å². The Morgan fingerprint density at radius 3 is 2.74 bits per heavy atom. The Morgan fingerprint density at radius 2 is 2.16 bits per heavy atom. The molecule has 1 heterocycles. The molecular weight excluding hydrogens is 250 g/mol. The molecule has 7 heteroatoms. The number of carbonyl (C=O) groups excluding carboxylic acids is 1. The summed E-state index contributed by atoms with van der Waals surface area (Å²) < 4.78 is 4.88. The first-order chi connectivity index (χ1) is 8.91. The van der Waals surface area contributed by atoms with Gasteiger partial charge in [-0.05, 0) is 19.9 Å². The lowest BCUT2D eigenvalue weighted by atomic mass is 10.1. The third-order valence-electron chi connectivity index (χ3n) is 2.36. The highest BCUT2D eigenvalue weighted by molar-refractivity contribution is 5.99. The zero-order valence-electron chi connectivity index (χ0n) is 10.9. The molecule has 0 aliphatic heterocycles. The van der Waals surface area contributed by atoms with E-state index in [9.17, 15) is 9.59 Å². The van der Waals surface area contributed by atoms with Crippen LogP contribution in [-0.2, 0) is 9.53 Å². The van der Waals surface area contributed by atoms with Crippen molar-refractivity contribution in [2.24, 2.45) is 5.73 Å². The predicted octanol–water partition coefficient (Wildman–Crippen LogP) is 0.310. The molecule has 0 unspecified atom stereocenters. The fourth-order valence-corrected chi connectivity index (χ4v) is 1.70. The summed E-state index contributed by atoms with van der Waals surface area (Å²) in [6.07, 6.45) is 0. The number of hydrogen-bond acceptors (Lipinski definition) is 5. The Labute approximate surface area is 110 Å². The van der Waals surface area contributed by atoms with Gasteiger partial charge in [0.1, 0.15) is 6.61 Å². The number of pyridine rings is 1. The van der Waals surface area contributed by atoms with Crippen molar-refractivity contribution in [3.8, 4) is 0 Å². The van der Waals surface area contributed by atoms with Gasteiger partial charge in [-0.1, -0.05) is 0 Å². The second kappa shape index (κ2) is 6.69. The number of anilines is 1. The van der Waals surface area contributed by atoms with E-state index < -0.39 is 11.9 Å². The summed E-state index contributed by atoms with van der Waals surface area (Å²) in [5.74, 6) is -1.58. The molecular formula is C12H17N3O4. The Bertz CT molecular complexity index is 488. The molecule has 4 N–H and O–H groups in total. The van der Waals surface area contributed by atoms with Crippen LogP contribution in [0.4, 0.5) is 5.69 Å². The first kappa shape index (κ1) is 14.9. The van der Waals surface area contributed by atoms with E-state index in [4.69, 9.17) is 15.6 Å². The number of aromatic nitrogens is 1. The minimum Gasteiger partial charge on any atom is -0.480 e. The quantitative estimate of drug-likeness (QED) is 0.612. The van der Waals surface area contributed by atoms with E-state index in [-0.39, 0.29) is 13.2 Å². The molecule has 0 aliphatic carbocycles. The minimum atomic E-state index is -1.02. The van der Waals surface area contributed by atoms with E-state index >= 15 is 0 Å². The van der Waals surface area contributed by atoms with Crippen LogP contribution >= 0.6 is 0 Å². The third kappa shape index (κ3) is 4.55. The lowest BCUT2D eigenvalue weighted by molar-refractivity contribution is -0.142. The lowest BCUT2D eigenvalue weighted by Gasteiger charge is -2.12. The maximum atomic E-state index is 11.4. The summed E-state index contributed by atoms with van der Waals surface area (Å²) >= 11 is 0. The molecule has 0 saturated carbocycles. The highest BCUT2D eigenvalue weighted by Gasteiger charge is 2.13. The van der Waals surface area contributed by atoms with Gasteiger partial charge in [-0.3, -0.25) is 9.78 Å². The van der Waals surface area contributed by atoms with Crippen LogP contribution in [0.15, 0.2) is 6.07 Å². The number of hydrogen-bond donors (Lipinski definition) is 3. The van der Waals surface area contributed by atoms with E-state index in [1.165, 1.54) is 0 Å². The van der Waals surface area contributed by atoms with Gasteiger partial charge in [-0.25, -0.2) is 4.79 Å². The molecule has 1 amide bonds. The number of nitrogens with zero attached hydrogens (tertiary/aromatic N) is 1. The summed E-state index contributed by atoms with van der Waals surface area (Å²) in [5.41, 5.74) is 7.54. The lowest BCUT2D eigenvalue weighted by Crippen LogP contribution is -2.20. The smallest absolute Gasteiger partial charge is 0.329 e. The maximum Gasteiger partial charge on any atom is 0.329 e. The van der Waals surface area contributed by atoms with Gasteiger partial charge in [0, 0.05) is 12.2 Å². The van der Waals surface area contributed by atoms with Crippen molar-refractivity contribution in [3.05, 3.63) is 23.0 Å². The SMILES string of the molecule is Cc1cc(NCCOCC(=O)O)c(C(N)=O)c(C)n1. The third-order valence-corrected chi connectivity index (χ3v) is 2.36. The largest absolute Gasteiger partial charge is 0.480 e. The van der Waals surface area contributed by atoms with Crippen LogP contribution in [0.25, 0.3) is 0 Å². The predicted molar refractivity (Wildman–Crippen MR) is 69.2 cm³/mol. The standard InChI is InChI=1S/C12H17N3O4/c1-7-5-9(11(12(13)18)8(2)15-7)14-3-4-19-6-10(16)17/h5H,3-4,6H2,1-2H3,(H2,13,18)(H,14,15)(H,16,17). The number of ether oxygens (including phenoxy) is 1. The number of amides is 1. The number of carboxylic acids is 1. The summed E-state index contributed by atoms with van der Waals surface area (Å²) in [6, 6.07) is 1.71. The van der Waals surface area contributed by atoms with E-state index in [0.717, 1.165) is 5.69 Å². The molecule has 104 valence electrons. The molecule has 7 nitrogen and oxygen atoms in total. The van der Waals surface area contributed by atoms with Gasteiger partial charge in [0.2, 0.25) is 0 Å². The van der Waals surface area contributed by atoms with Crippen LogP contribution < -0.4 is 11.1 Å². The Balaban J connectivity index is 2.67. The molecule has 0 atom stereocenters. The van der Waals surface area contributed by atoms with Gasteiger partial charge in [0.25, 0.3) is 5.91 Å². The molecule has 0 spiro atoms. The van der Waals surface area contributed by atoms with Gasteiger partial charge in [0.05, 0.1) is 23.6 Å². The summed E-state index contributed by atoms with van der Waals surface area (Å²) in [7, 11) is 0. The molecule has 0 radical (unpaired) electrons. The summed E-state index contributed by atoms with van der Waals surface area (Å²) in [4.78, 5) is 25.8. The normalized spacial score (nSPS) is 10.2. The zero-order chi connectivity index (χ0) is 14.4. The van der Waals surface area contributed by atoms with Gasteiger partial charge < -0.3 is 20.9 Å². The van der Waals surface area contributed by atoms with Gasteiger partial charge >= 0.3 is 5.97 Å². The topological polar surface area (TPSA) is 115 Å². The van der Waals surface area contributed by atoms with Crippen LogP contribution in [0.3, 0.4) is 0 Å². The number of aryl methyl sites for hydroxylation is 2. The molecule has 0 saturated heterocycles. The van der Waals surface area contributed by atoms with Crippen molar-refractivity contribution in [3.63, 3.8) is 0 Å². The summed E-state index contributed by atoms with van der Waals surface area (Å²) in [5, 5.41) is 11.4. The Kier molecular flexibility index (Phi) is 5.25. The average molecular weight is 267 g/mol. The van der Waals surface area contributed by atoms with Gasteiger partial charge in [0.15, 0.2) is 0 Å². The molecule has 0 aliphatic rings. The maximum absolute atomic E-state index is 11.4. The molecule has 0 aromatic carbocycles. The molecule has 1 rings (SSSR count). The summed E-state index contributed by atoms with van der Waals surface area (Å²) in [6.45, 7) is 3.75. The molecule has 19 heavy (non-hydrogen) atoms. The van der Waals surface area contributed by atoms with Crippen molar-refractivity contribution in [2.45, 2.75) is 13.8 Å². The Hall–Kier alpha value is -2.15. The van der Waals surface area contributed by atoms with E-state index in [1.54, 1.807) is 13.0 Å². The molecule has 1 aromatic heterocycles. The molecule has 1 aromatic rings. The van der Waals surface area contributed by atoms with Crippen LogP contribution in [0.2, 0.25) is 0 Å². The van der Waals surface area contributed by atoms with E-state index in [0.29, 0.717) is 23.5 Å². The van der Waals surface area contributed by atoms with Crippen LogP contribution in [0.1, 0.15) is 21.7 Å². The number of carboxylic acid groups (broad SMARTS) is 1. The fourth-order valence-electron chi connectivity index (χ4n) is 1.70. The van der Waals surface area contributed by atoms with E-state index in [1.807, 2.05) is 6.92 Å². The second-order valence-corrected chi connectivity index (χ2v) is 4.01. The fraction of sp³-hybridized carbons (Fsp3) is 0.417. The van der Waals surface area contributed by atoms with Crippen LogP contribution in [-0.4, -0.2) is 41.7 Å². The number of rotatable bonds is 7. The number of nitrogens with two attached hydrogens (primary N) is 1.